The van der Waals surface area contributed by atoms with Crippen molar-refractivity contribution in [3.63, 3.8) is 0 Å². The van der Waals surface area contributed by atoms with E-state index in [4.69, 9.17) is 17.4 Å². The summed E-state index contributed by atoms with van der Waals surface area (Å²) in [6, 6.07) is 0. The van der Waals surface area contributed by atoms with Crippen molar-refractivity contribution in [2.24, 2.45) is 0 Å². The van der Waals surface area contributed by atoms with Crippen molar-refractivity contribution >= 4 is 17.3 Å². The maximum absolute atomic E-state index is 8.46. The van der Waals surface area contributed by atoms with Gasteiger partial charge in [-0.25, -0.2) is 5.48 Å². The summed E-state index contributed by atoms with van der Waals surface area (Å²) < 4.78 is 0. The Morgan fingerprint density at radius 2 is 1.91 bits per heavy atom. The second-order valence-corrected chi connectivity index (χ2v) is 2.29. The van der Waals surface area contributed by atoms with E-state index in [0.717, 1.165) is 0 Å². The van der Waals surface area contributed by atoms with Crippen LogP contribution in [0.1, 0.15) is 0 Å². The quantitative estimate of drug-likeness (QED) is 0.375. The van der Waals surface area contributed by atoms with E-state index >= 15 is 0 Å². The van der Waals surface area contributed by atoms with Gasteiger partial charge in [0, 0.05) is 13.1 Å². The molecule has 3 nitrogen and oxygen atoms in total. The number of thiocarbonyl (C=S) groups is 1. The van der Waals surface area contributed by atoms with E-state index in [1.165, 1.54) is 0 Å². The van der Waals surface area contributed by atoms with E-state index < -0.39 is 0 Å². The molecule has 11 heavy (non-hydrogen) atoms. The third-order valence-corrected chi connectivity index (χ3v) is 1.43. The number of hydroxylamine groups is 1. The van der Waals surface area contributed by atoms with Crippen molar-refractivity contribution in [1.29, 1.82) is 0 Å². The molecule has 62 valence electrons. The molecule has 0 aliphatic carbocycles. The van der Waals surface area contributed by atoms with Crippen molar-refractivity contribution in [2.75, 3.05) is 13.1 Å². The van der Waals surface area contributed by atoms with E-state index in [2.05, 4.69) is 13.2 Å². The van der Waals surface area contributed by atoms with Crippen LogP contribution in [0.5, 0.6) is 0 Å². The van der Waals surface area contributed by atoms with Crippen LogP contribution in [0.3, 0.4) is 0 Å². The first-order valence-corrected chi connectivity index (χ1v) is 3.58. The van der Waals surface area contributed by atoms with Gasteiger partial charge in [-0.2, -0.15) is 0 Å². The number of hydrogen-bond donors (Lipinski definition) is 2. The van der Waals surface area contributed by atoms with Gasteiger partial charge in [-0.05, 0) is 12.2 Å². The first kappa shape index (κ1) is 10.1. The molecule has 0 radical (unpaired) electrons. The summed E-state index contributed by atoms with van der Waals surface area (Å²) in [5.74, 6) is 0. The molecule has 0 aromatic rings. The third-order valence-electron chi connectivity index (χ3n) is 1.08. The Morgan fingerprint density at radius 1 is 1.45 bits per heavy atom. The first-order valence-electron chi connectivity index (χ1n) is 3.17. The van der Waals surface area contributed by atoms with E-state index in [-0.39, 0.29) is 5.11 Å². The molecule has 0 fully saturated rings. The Balaban J connectivity index is 3.95. The Bertz CT molecular complexity index is 149. The van der Waals surface area contributed by atoms with Gasteiger partial charge in [0.2, 0.25) is 0 Å². The minimum absolute atomic E-state index is 0.282. The van der Waals surface area contributed by atoms with Crippen molar-refractivity contribution in [3.05, 3.63) is 25.3 Å². The Kier molecular flexibility index (Phi) is 5.42. The van der Waals surface area contributed by atoms with Gasteiger partial charge in [0.15, 0.2) is 5.11 Å². The normalized spacial score (nSPS) is 8.45. The molecule has 0 rings (SSSR count). The maximum atomic E-state index is 8.46. The molecular formula is C7H12N2OS. The van der Waals surface area contributed by atoms with E-state index in [0.29, 0.717) is 13.1 Å². The molecule has 0 amide bonds. The molecule has 0 saturated carbocycles. The van der Waals surface area contributed by atoms with Gasteiger partial charge >= 0.3 is 0 Å². The van der Waals surface area contributed by atoms with Gasteiger partial charge in [0.25, 0.3) is 0 Å². The van der Waals surface area contributed by atoms with Crippen LogP contribution in [0.25, 0.3) is 0 Å². The van der Waals surface area contributed by atoms with E-state index in [9.17, 15) is 0 Å². The van der Waals surface area contributed by atoms with Crippen LogP contribution in [-0.2, 0) is 0 Å². The molecular weight excluding hydrogens is 160 g/mol. The highest BCUT2D eigenvalue weighted by Crippen LogP contribution is 1.89. The predicted octanol–water partition coefficient (Wildman–Crippen LogP) is 0.924. The maximum Gasteiger partial charge on any atom is 0.193 e. The summed E-state index contributed by atoms with van der Waals surface area (Å²) in [6.45, 7) is 8.30. The zero-order chi connectivity index (χ0) is 8.69. The molecule has 0 unspecified atom stereocenters. The van der Waals surface area contributed by atoms with Gasteiger partial charge in [0.1, 0.15) is 0 Å². The lowest BCUT2D eigenvalue weighted by molar-refractivity contribution is 0.219. The minimum atomic E-state index is 0.282. The highest BCUT2D eigenvalue weighted by molar-refractivity contribution is 7.80. The lowest BCUT2D eigenvalue weighted by Crippen LogP contribution is -2.38. The van der Waals surface area contributed by atoms with Gasteiger partial charge < -0.3 is 4.90 Å². The fourth-order valence-electron chi connectivity index (χ4n) is 0.623. The van der Waals surface area contributed by atoms with Crippen LogP contribution in [0.15, 0.2) is 25.3 Å². The third kappa shape index (κ3) is 3.75. The molecule has 0 aliphatic heterocycles. The molecule has 0 aliphatic rings. The van der Waals surface area contributed by atoms with Crippen LogP contribution in [0.4, 0.5) is 0 Å². The summed E-state index contributed by atoms with van der Waals surface area (Å²) in [6.07, 6.45) is 3.40. The highest BCUT2D eigenvalue weighted by atomic mass is 32.1. The lowest BCUT2D eigenvalue weighted by Gasteiger charge is -2.20. The van der Waals surface area contributed by atoms with Gasteiger partial charge in [-0.3, -0.25) is 5.21 Å². The van der Waals surface area contributed by atoms with Crippen molar-refractivity contribution in [3.8, 4) is 0 Å². The fraction of sp³-hybridized carbons (Fsp3) is 0.286. The number of rotatable bonds is 4. The largest absolute Gasteiger partial charge is 0.340 e. The first-order chi connectivity index (χ1) is 5.26. The minimum Gasteiger partial charge on any atom is -0.340 e. The molecule has 4 heteroatoms. The van der Waals surface area contributed by atoms with E-state index in [1.54, 1.807) is 17.1 Å². The zero-order valence-electron chi connectivity index (χ0n) is 6.29. The van der Waals surface area contributed by atoms with Crippen LogP contribution < -0.4 is 5.48 Å². The van der Waals surface area contributed by atoms with Crippen LogP contribution in [-0.4, -0.2) is 28.3 Å². The Labute approximate surface area is 72.0 Å². The van der Waals surface area contributed by atoms with Crippen LogP contribution in [0.2, 0.25) is 0 Å². The van der Waals surface area contributed by atoms with Crippen LogP contribution >= 0.6 is 12.2 Å². The summed E-state index contributed by atoms with van der Waals surface area (Å²) in [4.78, 5) is 1.72. The zero-order valence-corrected chi connectivity index (χ0v) is 7.10. The molecule has 0 saturated heterocycles. The molecule has 2 N–H and O–H groups in total. The highest BCUT2D eigenvalue weighted by Gasteiger charge is 2.02. The average molecular weight is 172 g/mol. The van der Waals surface area contributed by atoms with Gasteiger partial charge in [0.05, 0.1) is 0 Å². The average Bonchev–Trinajstić information content (AvgIpc) is 2.03. The summed E-state index contributed by atoms with van der Waals surface area (Å²) in [5, 5.41) is 8.74. The monoisotopic (exact) mass is 172 g/mol. The van der Waals surface area contributed by atoms with Gasteiger partial charge in [-0.1, -0.05) is 12.2 Å². The number of hydrogen-bond acceptors (Lipinski definition) is 2. The molecule has 0 heterocycles. The second-order valence-electron chi connectivity index (χ2n) is 1.90. The molecule has 0 bridgehead atoms. The second kappa shape index (κ2) is 5.88. The summed E-state index contributed by atoms with van der Waals surface area (Å²) >= 11 is 4.78. The molecule has 0 aromatic carbocycles. The standard InChI is InChI=1S/C7H12N2OS/c1-3-5-9(6-4-2)7(11)8-10/h3-4,10H,1-2,5-6H2,(H,8,11). The Morgan fingerprint density at radius 3 is 2.18 bits per heavy atom. The summed E-state index contributed by atoms with van der Waals surface area (Å²) in [5.41, 5.74) is 1.90. The predicted molar refractivity (Wildman–Crippen MR) is 49.5 cm³/mol. The SMILES string of the molecule is C=CCN(CC=C)C(=S)NO. The molecule has 0 aromatic heterocycles. The smallest absolute Gasteiger partial charge is 0.193 e. The molecule has 0 atom stereocenters. The lowest BCUT2D eigenvalue weighted by atomic mass is 10.5. The van der Waals surface area contributed by atoms with Crippen molar-refractivity contribution in [1.82, 2.24) is 10.4 Å². The summed E-state index contributed by atoms with van der Waals surface area (Å²) in [7, 11) is 0. The van der Waals surface area contributed by atoms with Crippen LogP contribution in [0, 0.1) is 0 Å². The number of nitrogens with one attached hydrogen (secondary N) is 1. The van der Waals surface area contributed by atoms with Crippen molar-refractivity contribution in [2.45, 2.75) is 0 Å². The van der Waals surface area contributed by atoms with Crippen molar-refractivity contribution < 1.29 is 5.21 Å². The molecule has 0 spiro atoms. The van der Waals surface area contributed by atoms with E-state index in [1.807, 2.05) is 5.48 Å². The fourth-order valence-corrected chi connectivity index (χ4v) is 0.772. The number of nitrogens with zero attached hydrogens (tertiary/aromatic N) is 1. The van der Waals surface area contributed by atoms with Gasteiger partial charge in [-0.15, -0.1) is 13.2 Å². The Hall–Kier alpha value is -0.870. The topological polar surface area (TPSA) is 35.5 Å².